The zero-order valence-electron chi connectivity index (χ0n) is 10.3. The molecule has 0 amide bonds. The van der Waals surface area contributed by atoms with Crippen LogP contribution in [0.1, 0.15) is 38.2 Å². The molecule has 2 nitrogen and oxygen atoms in total. The maximum Gasteiger partial charge on any atom is 0.0419 e. The largest absolute Gasteiger partial charge is 0.550 e. The molecule has 2 rings (SSSR count). The summed E-state index contributed by atoms with van der Waals surface area (Å²) in [5, 5.41) is 10.9. The van der Waals surface area contributed by atoms with Crippen LogP contribution < -0.4 is 5.11 Å². The second kappa shape index (κ2) is 4.91. The van der Waals surface area contributed by atoms with Crippen LogP contribution in [0.2, 0.25) is 0 Å². The lowest BCUT2D eigenvalue weighted by Gasteiger charge is -2.30. The summed E-state index contributed by atoms with van der Waals surface area (Å²) in [5.41, 5.74) is 1.17. The van der Waals surface area contributed by atoms with Gasteiger partial charge < -0.3 is 9.90 Å². The fourth-order valence-corrected chi connectivity index (χ4v) is 3.21. The Morgan fingerprint density at radius 1 is 1.41 bits per heavy atom. The molecular formula is C15H19O2-. The van der Waals surface area contributed by atoms with E-state index in [9.17, 15) is 9.90 Å². The van der Waals surface area contributed by atoms with E-state index in [1.807, 2.05) is 18.2 Å². The highest BCUT2D eigenvalue weighted by molar-refractivity contribution is 5.65. The summed E-state index contributed by atoms with van der Waals surface area (Å²) < 4.78 is 0. The summed E-state index contributed by atoms with van der Waals surface area (Å²) in [4.78, 5) is 10.9. The Balaban J connectivity index is 2.14. The van der Waals surface area contributed by atoms with Crippen molar-refractivity contribution in [1.82, 2.24) is 0 Å². The number of rotatable bonds is 4. The Hall–Kier alpha value is -1.31. The summed E-state index contributed by atoms with van der Waals surface area (Å²) >= 11 is 0. The summed E-state index contributed by atoms with van der Waals surface area (Å²) in [7, 11) is 0. The van der Waals surface area contributed by atoms with Crippen LogP contribution in [0, 0.1) is 11.3 Å². The molecule has 1 aliphatic rings. The van der Waals surface area contributed by atoms with Gasteiger partial charge in [0, 0.05) is 5.97 Å². The van der Waals surface area contributed by atoms with Crippen LogP contribution in [0.25, 0.3) is 0 Å². The van der Waals surface area contributed by atoms with Gasteiger partial charge in [-0.3, -0.25) is 0 Å². The number of carboxylic acid groups (broad SMARTS) is 1. The van der Waals surface area contributed by atoms with Crippen LogP contribution in [-0.2, 0) is 11.2 Å². The van der Waals surface area contributed by atoms with Gasteiger partial charge >= 0.3 is 0 Å². The smallest absolute Gasteiger partial charge is 0.0419 e. The van der Waals surface area contributed by atoms with Crippen molar-refractivity contribution < 1.29 is 9.90 Å². The van der Waals surface area contributed by atoms with Gasteiger partial charge in [-0.15, -0.1) is 0 Å². The predicted molar refractivity (Wildman–Crippen MR) is 65.2 cm³/mol. The first-order valence-corrected chi connectivity index (χ1v) is 6.33. The number of hydrogen-bond donors (Lipinski definition) is 0. The molecule has 0 aromatic heterocycles. The van der Waals surface area contributed by atoms with Crippen LogP contribution in [0.5, 0.6) is 0 Å². The predicted octanol–water partition coefficient (Wildman–Crippen LogP) is 2.18. The van der Waals surface area contributed by atoms with Crippen molar-refractivity contribution in [2.45, 2.75) is 39.0 Å². The van der Waals surface area contributed by atoms with Crippen molar-refractivity contribution in [3.05, 3.63) is 35.9 Å². The monoisotopic (exact) mass is 231 g/mol. The minimum absolute atomic E-state index is 0.0698. The first kappa shape index (κ1) is 12.2. The van der Waals surface area contributed by atoms with Gasteiger partial charge in [0.05, 0.1) is 0 Å². The molecule has 0 spiro atoms. The lowest BCUT2D eigenvalue weighted by Crippen LogP contribution is -2.32. The first-order valence-electron chi connectivity index (χ1n) is 6.33. The second-order valence-electron chi connectivity index (χ2n) is 5.56. The van der Waals surface area contributed by atoms with Crippen LogP contribution in [0.15, 0.2) is 30.3 Å². The fraction of sp³-hybridized carbons (Fsp3) is 0.533. The maximum atomic E-state index is 10.9. The molecule has 17 heavy (non-hydrogen) atoms. The minimum atomic E-state index is -0.907. The van der Waals surface area contributed by atoms with E-state index in [4.69, 9.17) is 0 Å². The molecule has 1 saturated carbocycles. The highest BCUT2D eigenvalue weighted by Crippen LogP contribution is 2.46. The molecule has 0 aliphatic heterocycles. The highest BCUT2D eigenvalue weighted by atomic mass is 16.4. The van der Waals surface area contributed by atoms with Crippen molar-refractivity contribution in [3.8, 4) is 0 Å². The molecule has 0 bridgehead atoms. The highest BCUT2D eigenvalue weighted by Gasteiger charge is 2.37. The standard InChI is InChI=1S/C15H20O2/c1-12-7-8-15(9-12,11-14(16)17)10-13-5-3-2-4-6-13/h2-6,12H,7-11H2,1H3,(H,16,17)/p-1/t12-,15+/m1/s1. The van der Waals surface area contributed by atoms with E-state index >= 15 is 0 Å². The Bertz CT molecular complexity index is 385. The third kappa shape index (κ3) is 3.09. The van der Waals surface area contributed by atoms with E-state index in [0.29, 0.717) is 5.92 Å². The summed E-state index contributed by atoms with van der Waals surface area (Å²) in [6, 6.07) is 10.2. The van der Waals surface area contributed by atoms with Crippen molar-refractivity contribution in [3.63, 3.8) is 0 Å². The van der Waals surface area contributed by atoms with Crippen LogP contribution in [-0.4, -0.2) is 5.97 Å². The number of hydrogen-bond acceptors (Lipinski definition) is 2. The quantitative estimate of drug-likeness (QED) is 0.796. The van der Waals surface area contributed by atoms with E-state index in [1.165, 1.54) is 5.56 Å². The average Bonchev–Trinajstić information content (AvgIpc) is 2.60. The zero-order chi connectivity index (χ0) is 12.3. The van der Waals surface area contributed by atoms with E-state index in [-0.39, 0.29) is 11.8 Å². The molecule has 0 unspecified atom stereocenters. The van der Waals surface area contributed by atoms with Crippen LogP contribution in [0.3, 0.4) is 0 Å². The zero-order valence-corrected chi connectivity index (χ0v) is 10.3. The molecule has 1 aromatic rings. The normalized spacial score (nSPS) is 28.2. The summed E-state index contributed by atoms with van der Waals surface area (Å²) in [5.74, 6) is -0.270. The molecular weight excluding hydrogens is 212 g/mol. The number of carbonyl (C=O) groups is 1. The Labute approximate surface area is 103 Å². The second-order valence-corrected chi connectivity index (χ2v) is 5.56. The third-order valence-corrected chi connectivity index (χ3v) is 3.89. The van der Waals surface area contributed by atoms with Gasteiger partial charge in [0.25, 0.3) is 0 Å². The first-order chi connectivity index (χ1) is 8.10. The van der Waals surface area contributed by atoms with Gasteiger partial charge in [-0.2, -0.15) is 0 Å². The average molecular weight is 231 g/mol. The van der Waals surface area contributed by atoms with Crippen LogP contribution >= 0.6 is 0 Å². The molecule has 1 aromatic carbocycles. The van der Waals surface area contributed by atoms with Gasteiger partial charge in [0.15, 0.2) is 0 Å². The van der Waals surface area contributed by atoms with Gasteiger partial charge in [-0.1, -0.05) is 43.7 Å². The van der Waals surface area contributed by atoms with Gasteiger partial charge in [-0.25, -0.2) is 0 Å². The molecule has 1 fully saturated rings. The van der Waals surface area contributed by atoms with Gasteiger partial charge in [-0.05, 0) is 42.6 Å². The fourth-order valence-electron chi connectivity index (χ4n) is 3.21. The molecule has 92 valence electrons. The van der Waals surface area contributed by atoms with Crippen molar-refractivity contribution in [2.24, 2.45) is 11.3 Å². The van der Waals surface area contributed by atoms with Crippen LogP contribution in [0.4, 0.5) is 0 Å². The molecule has 0 N–H and O–H groups in total. The lowest BCUT2D eigenvalue weighted by atomic mass is 9.76. The summed E-state index contributed by atoms with van der Waals surface area (Å²) in [6.45, 7) is 2.21. The van der Waals surface area contributed by atoms with Crippen molar-refractivity contribution in [1.29, 1.82) is 0 Å². The maximum absolute atomic E-state index is 10.9. The van der Waals surface area contributed by atoms with E-state index in [2.05, 4.69) is 19.1 Å². The minimum Gasteiger partial charge on any atom is -0.550 e. The molecule has 1 aliphatic carbocycles. The number of benzene rings is 1. The molecule has 0 radical (unpaired) electrons. The van der Waals surface area contributed by atoms with Gasteiger partial charge in [0.2, 0.25) is 0 Å². The third-order valence-electron chi connectivity index (χ3n) is 3.89. The number of aliphatic carboxylic acids is 1. The van der Waals surface area contributed by atoms with Crippen molar-refractivity contribution >= 4 is 5.97 Å². The Morgan fingerprint density at radius 3 is 2.65 bits per heavy atom. The van der Waals surface area contributed by atoms with E-state index < -0.39 is 5.97 Å². The van der Waals surface area contributed by atoms with Gasteiger partial charge in [0.1, 0.15) is 0 Å². The van der Waals surface area contributed by atoms with E-state index in [1.54, 1.807) is 0 Å². The molecule has 0 saturated heterocycles. The molecule has 2 heteroatoms. The SMILES string of the molecule is C[C@@H]1CC[C@@](CC(=O)[O-])(Cc2ccccc2)C1. The Kier molecular flexibility index (Phi) is 3.51. The summed E-state index contributed by atoms with van der Waals surface area (Å²) in [6.07, 6.45) is 4.23. The Morgan fingerprint density at radius 2 is 2.12 bits per heavy atom. The number of carboxylic acids is 1. The number of carbonyl (C=O) groups excluding carboxylic acids is 1. The molecule has 0 heterocycles. The lowest BCUT2D eigenvalue weighted by molar-refractivity contribution is -0.308. The van der Waals surface area contributed by atoms with Crippen molar-refractivity contribution in [2.75, 3.05) is 0 Å². The van der Waals surface area contributed by atoms with E-state index in [0.717, 1.165) is 25.7 Å². The molecule has 2 atom stereocenters. The topological polar surface area (TPSA) is 40.1 Å².